The normalized spacial score (nSPS) is 12.2. The summed E-state index contributed by atoms with van der Waals surface area (Å²) >= 11 is 3.22. The van der Waals surface area contributed by atoms with Crippen LogP contribution in [0.4, 0.5) is 23.5 Å². The number of esters is 1. The number of hydrogen-bond donors (Lipinski definition) is 4. The highest BCUT2D eigenvalue weighted by Crippen LogP contribution is 2.24. The van der Waals surface area contributed by atoms with Gasteiger partial charge in [0.15, 0.2) is 5.82 Å². The molecule has 5 aromatic heterocycles. The van der Waals surface area contributed by atoms with E-state index in [0.29, 0.717) is 43.3 Å². The molecule has 0 radical (unpaired) electrons. The van der Waals surface area contributed by atoms with E-state index in [1.165, 1.54) is 0 Å². The van der Waals surface area contributed by atoms with Crippen LogP contribution in [0.25, 0.3) is 11.4 Å². The van der Waals surface area contributed by atoms with E-state index in [-0.39, 0.29) is 18.3 Å². The first-order valence-corrected chi connectivity index (χ1v) is 19.2. The number of nitrogens with zero attached hydrogens (tertiary/aromatic N) is 9. The van der Waals surface area contributed by atoms with Gasteiger partial charge in [0.2, 0.25) is 11.9 Å². The number of carbonyl (C=O) groups excluding carboxylic acids is 1. The molecule has 2 unspecified atom stereocenters. The second-order valence-electron chi connectivity index (χ2n) is 12.2. The van der Waals surface area contributed by atoms with E-state index < -0.39 is 0 Å². The summed E-state index contributed by atoms with van der Waals surface area (Å²) in [6.07, 6.45) is 13.0. The minimum atomic E-state index is -0.251. The molecule has 0 saturated heterocycles. The molecular weight excluding hydrogens is 699 g/mol. The molecule has 0 amide bonds. The maximum Gasteiger partial charge on any atom is 0.310 e. The number of carbonyl (C=O) groups is 1. The lowest BCUT2D eigenvalue weighted by Gasteiger charge is -2.14. The van der Waals surface area contributed by atoms with Crippen molar-refractivity contribution < 1.29 is 9.53 Å². The van der Waals surface area contributed by atoms with Crippen molar-refractivity contribution >= 4 is 53.0 Å². The van der Waals surface area contributed by atoms with E-state index in [2.05, 4.69) is 75.2 Å². The van der Waals surface area contributed by atoms with Gasteiger partial charge in [-0.05, 0) is 48.8 Å². The fourth-order valence-electron chi connectivity index (χ4n) is 4.76. The summed E-state index contributed by atoms with van der Waals surface area (Å²) in [6, 6.07) is 7.71. The Bertz CT molecular complexity index is 1820. The Hall–Kier alpha value is -5.03. The van der Waals surface area contributed by atoms with Crippen LogP contribution in [0.3, 0.4) is 0 Å². The minimum absolute atomic E-state index is 0.220. The zero-order valence-corrected chi connectivity index (χ0v) is 31.7. The van der Waals surface area contributed by atoms with Crippen molar-refractivity contribution in [3.63, 3.8) is 0 Å². The van der Waals surface area contributed by atoms with Gasteiger partial charge in [-0.25, -0.2) is 29.9 Å². The first-order chi connectivity index (χ1) is 25.3. The molecule has 17 heteroatoms. The van der Waals surface area contributed by atoms with Gasteiger partial charge in [0.25, 0.3) is 0 Å². The predicted octanol–water partition coefficient (Wildman–Crippen LogP) is 5.29. The van der Waals surface area contributed by atoms with E-state index >= 15 is 0 Å². The van der Waals surface area contributed by atoms with Crippen molar-refractivity contribution in [2.75, 3.05) is 60.3 Å². The molecule has 2 atom stereocenters. The predicted molar refractivity (Wildman–Crippen MR) is 207 cm³/mol. The van der Waals surface area contributed by atoms with Gasteiger partial charge in [-0.3, -0.25) is 4.79 Å². The lowest BCUT2D eigenvalue weighted by atomic mass is 10.2. The molecule has 5 aromatic rings. The molecule has 274 valence electrons. The van der Waals surface area contributed by atoms with Crippen LogP contribution in [-0.4, -0.2) is 89.7 Å². The molecule has 5 rings (SSSR count). The number of pyridine rings is 2. The highest BCUT2D eigenvalue weighted by Gasteiger charge is 2.13. The lowest BCUT2D eigenvalue weighted by molar-refractivity contribution is -0.142. The zero-order valence-electron chi connectivity index (χ0n) is 30.0. The van der Waals surface area contributed by atoms with Gasteiger partial charge in [0, 0.05) is 85.8 Å². The highest BCUT2D eigenvalue weighted by atomic mass is 32.2. The number of hydrogen-bond acceptors (Lipinski definition) is 16. The van der Waals surface area contributed by atoms with Gasteiger partial charge in [0.05, 0.1) is 18.8 Å². The van der Waals surface area contributed by atoms with Crippen LogP contribution >= 0.6 is 23.5 Å². The minimum Gasteiger partial charge on any atom is -0.466 e. The summed E-state index contributed by atoms with van der Waals surface area (Å²) < 4.78 is 6.97. The smallest absolute Gasteiger partial charge is 0.310 e. The summed E-state index contributed by atoms with van der Waals surface area (Å²) in [4.78, 5) is 40.3. The van der Waals surface area contributed by atoms with Crippen molar-refractivity contribution in [2.24, 2.45) is 18.9 Å². The molecule has 4 N–H and O–H groups in total. The van der Waals surface area contributed by atoms with Crippen molar-refractivity contribution in [2.45, 2.75) is 42.7 Å². The van der Waals surface area contributed by atoms with Crippen LogP contribution in [0.15, 0.2) is 71.2 Å². The van der Waals surface area contributed by atoms with Crippen LogP contribution in [0, 0.1) is 11.8 Å². The Morgan fingerprint density at radius 3 is 1.87 bits per heavy atom. The Morgan fingerprint density at radius 2 is 1.33 bits per heavy atom. The van der Waals surface area contributed by atoms with Crippen molar-refractivity contribution in [1.82, 2.24) is 44.7 Å². The van der Waals surface area contributed by atoms with Crippen molar-refractivity contribution in [3.8, 4) is 11.4 Å². The zero-order chi connectivity index (χ0) is 36.7. The molecule has 0 saturated carbocycles. The fraction of sp³-hybridized carbons (Fsp3) is 0.400. The largest absolute Gasteiger partial charge is 0.466 e. The summed E-state index contributed by atoms with van der Waals surface area (Å²) in [5.74, 6) is 5.32. The average Bonchev–Trinajstić information content (AvgIpc) is 3.54. The van der Waals surface area contributed by atoms with E-state index in [4.69, 9.17) is 4.74 Å². The number of anilines is 4. The topological polar surface area (TPSA) is 182 Å². The van der Waals surface area contributed by atoms with Crippen LogP contribution in [0.1, 0.15) is 32.2 Å². The lowest BCUT2D eigenvalue weighted by Crippen LogP contribution is -2.21. The molecule has 0 bridgehead atoms. The third-order valence-electron chi connectivity index (χ3n) is 7.81. The second kappa shape index (κ2) is 19.5. The summed E-state index contributed by atoms with van der Waals surface area (Å²) in [7, 11) is 1.96. The molecule has 0 aliphatic carbocycles. The Labute approximate surface area is 312 Å². The monoisotopic (exact) mass is 743 g/mol. The number of aromatic nitrogens is 9. The summed E-state index contributed by atoms with van der Waals surface area (Å²) in [5.41, 5.74) is 1.71. The first kappa shape index (κ1) is 38.2. The maximum atomic E-state index is 11.7. The number of nitrogens with one attached hydrogen (secondary N) is 4. The molecule has 5 heterocycles. The SMILES string of the molecule is CCOC(=O)Cc1ccc(NCC(C)CNc2ncc(SCc3nnc(-c4ccc(NCC(C)CNc5ncc(SC)cn5)nc4)n3C)cn2)nc1. The molecule has 52 heavy (non-hydrogen) atoms. The van der Waals surface area contributed by atoms with Crippen LogP contribution in [0.2, 0.25) is 0 Å². The maximum absolute atomic E-state index is 11.7. The van der Waals surface area contributed by atoms with Crippen LogP contribution < -0.4 is 21.3 Å². The van der Waals surface area contributed by atoms with E-state index in [0.717, 1.165) is 57.3 Å². The van der Waals surface area contributed by atoms with E-state index in [9.17, 15) is 4.79 Å². The fourth-order valence-corrected chi connectivity index (χ4v) is 5.88. The molecule has 0 aliphatic heterocycles. The molecule has 0 aliphatic rings. The quantitative estimate of drug-likeness (QED) is 0.0595. The van der Waals surface area contributed by atoms with Gasteiger partial charge < -0.3 is 30.6 Å². The number of rotatable bonds is 20. The average molecular weight is 744 g/mol. The van der Waals surface area contributed by atoms with Gasteiger partial charge in [0.1, 0.15) is 17.5 Å². The highest BCUT2D eigenvalue weighted by molar-refractivity contribution is 7.98. The summed E-state index contributed by atoms with van der Waals surface area (Å²) in [5, 5.41) is 22.2. The van der Waals surface area contributed by atoms with Crippen LogP contribution in [-0.2, 0) is 28.8 Å². The van der Waals surface area contributed by atoms with Gasteiger partial charge in [-0.1, -0.05) is 19.9 Å². The van der Waals surface area contributed by atoms with Crippen molar-refractivity contribution in [3.05, 3.63) is 72.8 Å². The molecule has 0 spiro atoms. The van der Waals surface area contributed by atoms with E-state index in [1.807, 2.05) is 73.1 Å². The number of thioether (sulfide) groups is 2. The second-order valence-corrected chi connectivity index (χ2v) is 14.1. The standard InChI is InChI=1S/C35H45N13O2S2/c1-6-50-32(49)11-25-7-9-29(38-16-25)36-12-23(2)15-41-35-44-20-28(21-45-35)52-22-31-46-47-33(48(31)4)26-8-10-30(39-17-26)37-13-24(3)14-40-34-42-18-27(51-5)19-43-34/h7-10,16-21,23-24H,6,11-15,22H2,1-5H3,(H,36,38)(H,37,39)(H,40,42,43)(H,41,44,45). The first-order valence-electron chi connectivity index (χ1n) is 17.0. The third-order valence-corrected chi connectivity index (χ3v) is 9.43. The van der Waals surface area contributed by atoms with Gasteiger partial charge >= 0.3 is 5.97 Å². The molecule has 0 aromatic carbocycles. The molecular formula is C35H45N13O2S2. The Balaban J connectivity index is 1.01. The van der Waals surface area contributed by atoms with Gasteiger partial charge in [-0.15, -0.1) is 33.7 Å². The molecule has 0 fully saturated rings. The summed E-state index contributed by atoms with van der Waals surface area (Å²) in [6.45, 7) is 9.34. The van der Waals surface area contributed by atoms with Gasteiger partial charge in [-0.2, -0.15) is 0 Å². The molecule has 15 nitrogen and oxygen atoms in total. The Morgan fingerprint density at radius 1 is 0.750 bits per heavy atom. The van der Waals surface area contributed by atoms with Crippen molar-refractivity contribution in [1.29, 1.82) is 0 Å². The number of ether oxygens (including phenoxy) is 1. The van der Waals surface area contributed by atoms with Crippen LogP contribution in [0.5, 0.6) is 0 Å². The Kier molecular flexibility index (Phi) is 14.4. The third kappa shape index (κ3) is 11.8. The van der Waals surface area contributed by atoms with E-state index in [1.54, 1.807) is 36.6 Å².